The first kappa shape index (κ1) is 24.5. The zero-order valence-corrected chi connectivity index (χ0v) is 20.6. The van der Waals surface area contributed by atoms with Crippen LogP contribution in [0.4, 0.5) is 0 Å². The molecule has 0 radical (unpaired) electrons. The number of furan rings is 1. The van der Waals surface area contributed by atoms with E-state index in [1.165, 1.54) is 0 Å². The second-order valence-electron chi connectivity index (χ2n) is 8.08. The van der Waals surface area contributed by atoms with E-state index in [0.717, 1.165) is 22.8 Å². The molecular weight excluding hydrogens is 470 g/mol. The van der Waals surface area contributed by atoms with Crippen LogP contribution in [-0.4, -0.2) is 62.0 Å². The van der Waals surface area contributed by atoms with Crippen molar-refractivity contribution in [3.8, 4) is 0 Å². The number of amides is 1. The van der Waals surface area contributed by atoms with Crippen molar-refractivity contribution in [2.45, 2.75) is 17.2 Å². The van der Waals surface area contributed by atoms with Gasteiger partial charge in [-0.1, -0.05) is 30.3 Å². The smallest absolute Gasteiger partial charge is 0.251 e. The summed E-state index contributed by atoms with van der Waals surface area (Å²) in [5, 5.41) is 2.97. The van der Waals surface area contributed by atoms with Gasteiger partial charge in [0, 0.05) is 50.6 Å². The molecule has 0 bridgehead atoms. The monoisotopic (exact) mass is 499 g/mol. The maximum Gasteiger partial charge on any atom is 0.251 e. The molecule has 0 atom stereocenters. The predicted octanol–water partition coefficient (Wildman–Crippen LogP) is 3.45. The Morgan fingerprint density at radius 1 is 0.971 bits per heavy atom. The molecule has 1 amide bonds. The van der Waals surface area contributed by atoms with Gasteiger partial charge < -0.3 is 9.73 Å². The molecule has 4 rings (SSSR count). The molecule has 1 fully saturated rings. The summed E-state index contributed by atoms with van der Waals surface area (Å²) in [5.74, 6) is 2.45. The minimum Gasteiger partial charge on any atom is -0.468 e. The van der Waals surface area contributed by atoms with Crippen LogP contribution in [0.1, 0.15) is 21.7 Å². The van der Waals surface area contributed by atoms with Gasteiger partial charge in [-0.05, 0) is 42.0 Å². The van der Waals surface area contributed by atoms with Crippen molar-refractivity contribution in [2.24, 2.45) is 0 Å². The van der Waals surface area contributed by atoms with Gasteiger partial charge in [-0.25, -0.2) is 8.42 Å². The minimum atomic E-state index is -3.46. The SMILES string of the molecule is O=C(NCCSCc1ccco1)c1cccc(CN2CCN(S(=O)(=O)c3ccccc3)CC2)c1. The van der Waals surface area contributed by atoms with Gasteiger partial charge in [0.05, 0.1) is 16.9 Å². The number of rotatable bonds is 10. The lowest BCUT2D eigenvalue weighted by atomic mass is 10.1. The van der Waals surface area contributed by atoms with E-state index in [1.807, 2.05) is 42.5 Å². The Kier molecular flexibility index (Phi) is 8.44. The van der Waals surface area contributed by atoms with Gasteiger partial charge in [-0.15, -0.1) is 0 Å². The van der Waals surface area contributed by atoms with Gasteiger partial charge in [0.2, 0.25) is 10.0 Å². The number of nitrogens with one attached hydrogen (secondary N) is 1. The molecule has 180 valence electrons. The zero-order valence-electron chi connectivity index (χ0n) is 18.9. The first-order valence-corrected chi connectivity index (χ1v) is 13.9. The molecule has 0 unspecified atom stereocenters. The second kappa shape index (κ2) is 11.7. The van der Waals surface area contributed by atoms with E-state index in [9.17, 15) is 13.2 Å². The van der Waals surface area contributed by atoms with Crippen LogP contribution >= 0.6 is 11.8 Å². The molecule has 2 heterocycles. The van der Waals surface area contributed by atoms with Gasteiger partial charge in [-0.2, -0.15) is 16.1 Å². The standard InChI is InChI=1S/C25H29N3O4S2/c29-25(26-11-17-33-20-23-8-5-16-32-23)22-7-4-6-21(18-22)19-27-12-14-28(15-13-27)34(30,31)24-9-2-1-3-10-24/h1-10,16,18H,11-15,17,19-20H2,(H,26,29). The molecule has 1 aliphatic rings. The Hall–Kier alpha value is -2.59. The highest BCUT2D eigenvalue weighted by molar-refractivity contribution is 7.98. The maximum absolute atomic E-state index is 12.8. The predicted molar refractivity (Wildman–Crippen MR) is 134 cm³/mol. The van der Waals surface area contributed by atoms with Crippen LogP contribution in [0.3, 0.4) is 0 Å². The van der Waals surface area contributed by atoms with Crippen molar-refractivity contribution >= 4 is 27.7 Å². The lowest BCUT2D eigenvalue weighted by molar-refractivity contribution is 0.0956. The number of carbonyl (C=O) groups is 1. The molecule has 0 saturated carbocycles. The summed E-state index contributed by atoms with van der Waals surface area (Å²) in [6.07, 6.45) is 1.66. The fraction of sp³-hybridized carbons (Fsp3) is 0.320. The van der Waals surface area contributed by atoms with E-state index in [2.05, 4.69) is 10.2 Å². The summed E-state index contributed by atoms with van der Waals surface area (Å²) >= 11 is 1.71. The summed E-state index contributed by atoms with van der Waals surface area (Å²) in [4.78, 5) is 15.1. The average molecular weight is 500 g/mol. The first-order chi connectivity index (χ1) is 16.5. The van der Waals surface area contributed by atoms with Gasteiger partial charge in [0.25, 0.3) is 5.91 Å². The lowest BCUT2D eigenvalue weighted by Crippen LogP contribution is -2.48. The fourth-order valence-corrected chi connectivity index (χ4v) is 6.04. The van der Waals surface area contributed by atoms with E-state index in [4.69, 9.17) is 4.42 Å². The largest absolute Gasteiger partial charge is 0.468 e. The normalized spacial score (nSPS) is 15.3. The highest BCUT2D eigenvalue weighted by Crippen LogP contribution is 2.18. The van der Waals surface area contributed by atoms with Gasteiger partial charge in [-0.3, -0.25) is 9.69 Å². The molecule has 1 saturated heterocycles. The minimum absolute atomic E-state index is 0.0841. The van der Waals surface area contributed by atoms with Crippen molar-refractivity contribution in [2.75, 3.05) is 38.5 Å². The highest BCUT2D eigenvalue weighted by atomic mass is 32.2. The molecule has 9 heteroatoms. The molecule has 3 aromatic rings. The third-order valence-electron chi connectivity index (χ3n) is 5.66. The van der Waals surface area contributed by atoms with Crippen molar-refractivity contribution < 1.29 is 17.6 Å². The quantitative estimate of drug-likeness (QED) is 0.430. The summed E-state index contributed by atoms with van der Waals surface area (Å²) in [5.41, 5.74) is 1.68. The highest BCUT2D eigenvalue weighted by Gasteiger charge is 2.28. The van der Waals surface area contributed by atoms with E-state index in [-0.39, 0.29) is 5.91 Å². The Labute approximate surface area is 205 Å². The fourth-order valence-electron chi connectivity index (χ4n) is 3.84. The third-order valence-corrected chi connectivity index (χ3v) is 8.56. The molecule has 1 N–H and O–H groups in total. The Bertz CT molecular complexity index is 1160. The second-order valence-corrected chi connectivity index (χ2v) is 11.1. The van der Waals surface area contributed by atoms with E-state index >= 15 is 0 Å². The molecule has 0 aliphatic carbocycles. The molecule has 1 aromatic heterocycles. The number of piperazine rings is 1. The maximum atomic E-state index is 12.8. The number of benzene rings is 2. The van der Waals surface area contributed by atoms with E-state index in [1.54, 1.807) is 46.6 Å². The zero-order chi connectivity index (χ0) is 23.8. The van der Waals surface area contributed by atoms with E-state index < -0.39 is 10.0 Å². The number of hydrogen-bond acceptors (Lipinski definition) is 6. The number of carbonyl (C=O) groups excluding carboxylic acids is 1. The molecule has 0 spiro atoms. The van der Waals surface area contributed by atoms with Gasteiger partial charge >= 0.3 is 0 Å². The number of hydrogen-bond donors (Lipinski definition) is 1. The topological polar surface area (TPSA) is 82.9 Å². The van der Waals surface area contributed by atoms with Crippen LogP contribution in [0, 0.1) is 0 Å². The van der Waals surface area contributed by atoms with Crippen LogP contribution in [0.2, 0.25) is 0 Å². The van der Waals surface area contributed by atoms with Crippen LogP contribution < -0.4 is 5.32 Å². The number of thioether (sulfide) groups is 1. The Balaban J connectivity index is 1.23. The number of sulfonamides is 1. The first-order valence-electron chi connectivity index (χ1n) is 11.3. The van der Waals surface area contributed by atoms with Gasteiger partial charge in [0.1, 0.15) is 5.76 Å². The molecule has 34 heavy (non-hydrogen) atoms. The summed E-state index contributed by atoms with van der Waals surface area (Å²) < 4.78 is 32.5. The number of nitrogens with zero attached hydrogens (tertiary/aromatic N) is 2. The summed E-state index contributed by atoms with van der Waals surface area (Å²) in [6.45, 7) is 3.47. The summed E-state index contributed by atoms with van der Waals surface area (Å²) in [6, 6.07) is 20.0. The molecule has 1 aliphatic heterocycles. The van der Waals surface area contributed by atoms with Crippen LogP contribution in [0.5, 0.6) is 0 Å². The van der Waals surface area contributed by atoms with Gasteiger partial charge in [0.15, 0.2) is 0 Å². The molecule has 7 nitrogen and oxygen atoms in total. The van der Waals surface area contributed by atoms with Crippen LogP contribution in [-0.2, 0) is 22.3 Å². The molecular formula is C25H29N3O4S2. The molecule has 2 aromatic carbocycles. The van der Waals surface area contributed by atoms with Crippen LogP contribution in [0.15, 0.2) is 82.3 Å². The van der Waals surface area contributed by atoms with Crippen molar-refractivity contribution in [1.29, 1.82) is 0 Å². The van der Waals surface area contributed by atoms with Crippen molar-refractivity contribution in [3.05, 3.63) is 89.9 Å². The third kappa shape index (κ3) is 6.50. The lowest BCUT2D eigenvalue weighted by Gasteiger charge is -2.34. The average Bonchev–Trinajstić information content (AvgIpc) is 3.38. The van der Waals surface area contributed by atoms with Crippen molar-refractivity contribution in [1.82, 2.24) is 14.5 Å². The Morgan fingerprint density at radius 3 is 2.50 bits per heavy atom. The van der Waals surface area contributed by atoms with Crippen LogP contribution in [0.25, 0.3) is 0 Å². The van der Waals surface area contributed by atoms with Crippen molar-refractivity contribution in [3.63, 3.8) is 0 Å². The summed E-state index contributed by atoms with van der Waals surface area (Å²) in [7, 11) is -3.46. The Morgan fingerprint density at radius 2 is 1.76 bits per heavy atom. The van der Waals surface area contributed by atoms with E-state index in [0.29, 0.717) is 49.7 Å².